The molecule has 1 aromatic heterocycles. The quantitative estimate of drug-likeness (QED) is 0.867. The van der Waals surface area contributed by atoms with Crippen molar-refractivity contribution in [2.24, 2.45) is 11.8 Å². The molecule has 2 unspecified atom stereocenters. The van der Waals surface area contributed by atoms with E-state index in [4.69, 9.17) is 0 Å². The summed E-state index contributed by atoms with van der Waals surface area (Å²) in [6, 6.07) is 1.58. The minimum atomic E-state index is -0.0318. The van der Waals surface area contributed by atoms with Gasteiger partial charge in [-0.3, -0.25) is 4.79 Å². The first-order valence-corrected chi connectivity index (χ1v) is 8.06. The molecule has 110 valence electrons. The third-order valence-electron chi connectivity index (χ3n) is 4.63. The van der Waals surface area contributed by atoms with E-state index >= 15 is 0 Å². The number of hydrogen-bond donors (Lipinski definition) is 2. The third-order valence-corrected chi connectivity index (χ3v) is 4.63. The van der Waals surface area contributed by atoms with E-state index in [1.54, 1.807) is 6.07 Å². The first kappa shape index (κ1) is 13.7. The van der Waals surface area contributed by atoms with Crippen molar-refractivity contribution < 1.29 is 0 Å². The van der Waals surface area contributed by atoms with Crippen molar-refractivity contribution in [3.63, 3.8) is 0 Å². The molecule has 0 aromatic carbocycles. The van der Waals surface area contributed by atoms with E-state index in [9.17, 15) is 4.79 Å². The van der Waals surface area contributed by atoms with Gasteiger partial charge in [-0.2, -0.15) is 0 Å². The van der Waals surface area contributed by atoms with Gasteiger partial charge in [-0.15, -0.1) is 0 Å². The topological polar surface area (TPSA) is 57.8 Å². The summed E-state index contributed by atoms with van der Waals surface area (Å²) >= 11 is 0. The predicted octanol–water partition coefficient (Wildman–Crippen LogP) is 3.28. The molecule has 2 aliphatic carbocycles. The van der Waals surface area contributed by atoms with E-state index in [-0.39, 0.29) is 5.56 Å². The van der Waals surface area contributed by atoms with Gasteiger partial charge in [0.1, 0.15) is 11.6 Å². The maximum absolute atomic E-state index is 11.6. The van der Waals surface area contributed by atoms with Gasteiger partial charge < -0.3 is 10.3 Å². The smallest absolute Gasteiger partial charge is 0.252 e. The second kappa shape index (κ2) is 5.98. The van der Waals surface area contributed by atoms with Crippen molar-refractivity contribution in [2.75, 3.05) is 11.9 Å². The maximum atomic E-state index is 11.6. The van der Waals surface area contributed by atoms with Crippen molar-refractivity contribution in [3.8, 4) is 0 Å². The standard InChI is InChI=1S/C16H25N3O/c1-11-3-2-4-12(9-11)7-8-17-14-10-15(20)19-16(18-14)13-5-6-13/h10-13H,2-9H2,1H3,(H2,17,18,19,20). The molecule has 2 N–H and O–H groups in total. The van der Waals surface area contributed by atoms with Crippen LogP contribution in [0.1, 0.15) is 63.6 Å². The van der Waals surface area contributed by atoms with Crippen LogP contribution in [-0.4, -0.2) is 16.5 Å². The minimum Gasteiger partial charge on any atom is -0.370 e. The lowest BCUT2D eigenvalue weighted by molar-refractivity contribution is 0.274. The first-order valence-electron chi connectivity index (χ1n) is 8.06. The number of aromatic nitrogens is 2. The molecule has 2 aliphatic rings. The summed E-state index contributed by atoms with van der Waals surface area (Å²) in [6.45, 7) is 3.29. The van der Waals surface area contributed by atoms with Crippen LogP contribution in [0, 0.1) is 11.8 Å². The molecule has 2 fully saturated rings. The van der Waals surface area contributed by atoms with Crippen molar-refractivity contribution in [1.82, 2.24) is 9.97 Å². The normalized spacial score (nSPS) is 26.4. The molecule has 1 heterocycles. The zero-order chi connectivity index (χ0) is 13.9. The molecule has 0 bridgehead atoms. The summed E-state index contributed by atoms with van der Waals surface area (Å²) in [6.07, 6.45) is 9.00. The van der Waals surface area contributed by atoms with Crippen LogP contribution in [0.15, 0.2) is 10.9 Å². The molecular weight excluding hydrogens is 250 g/mol. The molecule has 0 radical (unpaired) electrons. The van der Waals surface area contributed by atoms with Crippen LogP contribution < -0.4 is 10.9 Å². The zero-order valence-corrected chi connectivity index (χ0v) is 12.3. The molecule has 4 nitrogen and oxygen atoms in total. The van der Waals surface area contributed by atoms with Gasteiger partial charge >= 0.3 is 0 Å². The van der Waals surface area contributed by atoms with Gasteiger partial charge in [0.05, 0.1) is 0 Å². The number of anilines is 1. The Morgan fingerprint density at radius 3 is 2.95 bits per heavy atom. The average Bonchev–Trinajstić information content (AvgIpc) is 3.22. The highest BCUT2D eigenvalue weighted by Gasteiger charge is 2.26. The Kier molecular flexibility index (Phi) is 4.08. The number of aromatic amines is 1. The highest BCUT2D eigenvalue weighted by molar-refractivity contribution is 5.33. The second-order valence-electron chi connectivity index (χ2n) is 6.64. The Morgan fingerprint density at radius 1 is 1.35 bits per heavy atom. The summed E-state index contributed by atoms with van der Waals surface area (Å²) < 4.78 is 0. The van der Waals surface area contributed by atoms with Crippen LogP contribution in [0.25, 0.3) is 0 Å². The summed E-state index contributed by atoms with van der Waals surface area (Å²) in [4.78, 5) is 19.0. The van der Waals surface area contributed by atoms with E-state index in [2.05, 4.69) is 22.2 Å². The lowest BCUT2D eigenvalue weighted by atomic mass is 9.81. The first-order chi connectivity index (χ1) is 9.70. The van der Waals surface area contributed by atoms with Gasteiger partial charge in [-0.05, 0) is 37.5 Å². The van der Waals surface area contributed by atoms with Crippen molar-refractivity contribution in [2.45, 2.75) is 57.8 Å². The molecule has 2 saturated carbocycles. The highest BCUT2D eigenvalue weighted by atomic mass is 16.1. The van der Waals surface area contributed by atoms with E-state index in [0.29, 0.717) is 5.92 Å². The number of H-pyrrole nitrogens is 1. The SMILES string of the molecule is CC1CCCC(CCNc2cc(=O)[nH]c(C3CC3)n2)C1. The lowest BCUT2D eigenvalue weighted by Gasteiger charge is -2.26. The van der Waals surface area contributed by atoms with E-state index in [1.165, 1.54) is 32.1 Å². The van der Waals surface area contributed by atoms with Crippen LogP contribution in [0.4, 0.5) is 5.82 Å². The number of rotatable bonds is 5. The van der Waals surface area contributed by atoms with Gasteiger partial charge in [0.25, 0.3) is 5.56 Å². The molecule has 20 heavy (non-hydrogen) atoms. The molecule has 1 aromatic rings. The fourth-order valence-corrected chi connectivity index (χ4v) is 3.34. The fourth-order valence-electron chi connectivity index (χ4n) is 3.34. The van der Waals surface area contributed by atoms with Crippen LogP contribution in [0.5, 0.6) is 0 Å². The van der Waals surface area contributed by atoms with Gasteiger partial charge in [-0.1, -0.05) is 26.2 Å². The Bertz CT molecular complexity index is 507. The maximum Gasteiger partial charge on any atom is 0.252 e. The number of nitrogens with one attached hydrogen (secondary N) is 2. The number of hydrogen-bond acceptors (Lipinski definition) is 3. The van der Waals surface area contributed by atoms with Crippen molar-refractivity contribution in [3.05, 3.63) is 22.2 Å². The Morgan fingerprint density at radius 2 is 2.20 bits per heavy atom. The van der Waals surface area contributed by atoms with Gasteiger partial charge in [0, 0.05) is 18.5 Å². The molecule has 0 aliphatic heterocycles. The van der Waals surface area contributed by atoms with Gasteiger partial charge in [0.2, 0.25) is 0 Å². The van der Waals surface area contributed by atoms with Crippen LogP contribution in [-0.2, 0) is 0 Å². The van der Waals surface area contributed by atoms with E-state index < -0.39 is 0 Å². The summed E-state index contributed by atoms with van der Waals surface area (Å²) in [5.74, 6) is 3.83. The van der Waals surface area contributed by atoms with Gasteiger partial charge in [-0.25, -0.2) is 4.98 Å². The highest BCUT2D eigenvalue weighted by Crippen LogP contribution is 2.37. The van der Waals surface area contributed by atoms with E-state index in [0.717, 1.165) is 42.9 Å². The monoisotopic (exact) mass is 275 g/mol. The van der Waals surface area contributed by atoms with Crippen molar-refractivity contribution >= 4 is 5.82 Å². The summed E-state index contributed by atoms with van der Waals surface area (Å²) in [5.41, 5.74) is -0.0318. The average molecular weight is 275 g/mol. The van der Waals surface area contributed by atoms with E-state index in [1.807, 2.05) is 0 Å². The summed E-state index contributed by atoms with van der Waals surface area (Å²) in [5, 5.41) is 3.34. The predicted molar refractivity (Wildman–Crippen MR) is 81.1 cm³/mol. The number of nitrogens with zero attached hydrogens (tertiary/aromatic N) is 1. The van der Waals surface area contributed by atoms with Gasteiger partial charge in [0.15, 0.2) is 0 Å². The molecule has 3 rings (SSSR count). The lowest BCUT2D eigenvalue weighted by Crippen LogP contribution is -2.18. The third kappa shape index (κ3) is 3.62. The van der Waals surface area contributed by atoms with Crippen molar-refractivity contribution in [1.29, 1.82) is 0 Å². The minimum absolute atomic E-state index is 0.0318. The second-order valence-corrected chi connectivity index (χ2v) is 6.64. The zero-order valence-electron chi connectivity index (χ0n) is 12.3. The molecule has 0 spiro atoms. The molecule has 0 amide bonds. The van der Waals surface area contributed by atoms with Crippen LogP contribution in [0.2, 0.25) is 0 Å². The Labute approximate surface area is 120 Å². The molecule has 0 saturated heterocycles. The summed E-state index contributed by atoms with van der Waals surface area (Å²) in [7, 11) is 0. The molecule has 2 atom stereocenters. The largest absolute Gasteiger partial charge is 0.370 e. The molecular formula is C16H25N3O. The molecule has 4 heteroatoms. The van der Waals surface area contributed by atoms with Crippen LogP contribution >= 0.6 is 0 Å². The van der Waals surface area contributed by atoms with Crippen LogP contribution in [0.3, 0.4) is 0 Å². The fraction of sp³-hybridized carbons (Fsp3) is 0.750. The Balaban J connectivity index is 1.51. The Hall–Kier alpha value is -1.32.